The van der Waals surface area contributed by atoms with Crippen LogP contribution in [0.15, 0.2) is 29.3 Å². The molecular formula is C14H22FN3O2S. The second-order valence-electron chi connectivity index (χ2n) is 4.75. The Balaban J connectivity index is 2.27. The lowest BCUT2D eigenvalue weighted by molar-refractivity contribution is 0.598. The maximum atomic E-state index is 13.4. The van der Waals surface area contributed by atoms with Crippen molar-refractivity contribution in [1.82, 2.24) is 10.6 Å². The maximum Gasteiger partial charge on any atom is 0.190 e. The third kappa shape index (κ3) is 7.65. The van der Waals surface area contributed by atoms with Crippen molar-refractivity contribution in [1.29, 1.82) is 0 Å². The fourth-order valence-electron chi connectivity index (χ4n) is 1.78. The highest BCUT2D eigenvalue weighted by Gasteiger charge is 2.03. The van der Waals surface area contributed by atoms with Crippen LogP contribution in [0.1, 0.15) is 12.0 Å². The van der Waals surface area contributed by atoms with Gasteiger partial charge >= 0.3 is 0 Å². The largest absolute Gasteiger partial charge is 0.356 e. The Kier molecular flexibility index (Phi) is 7.14. The number of nitrogens with one attached hydrogen (secondary N) is 2. The summed E-state index contributed by atoms with van der Waals surface area (Å²) in [6.07, 6.45) is 2.29. The molecule has 1 rings (SSSR count). The van der Waals surface area contributed by atoms with E-state index in [2.05, 4.69) is 15.6 Å². The van der Waals surface area contributed by atoms with Crippen LogP contribution in [-0.2, 0) is 16.3 Å². The summed E-state index contributed by atoms with van der Waals surface area (Å²) < 4.78 is 35.4. The Bertz CT molecular complexity index is 573. The van der Waals surface area contributed by atoms with Gasteiger partial charge in [-0.1, -0.05) is 18.2 Å². The van der Waals surface area contributed by atoms with Crippen molar-refractivity contribution in [3.63, 3.8) is 0 Å². The molecule has 1 aromatic carbocycles. The van der Waals surface area contributed by atoms with E-state index in [0.29, 0.717) is 37.5 Å². The summed E-state index contributed by atoms with van der Waals surface area (Å²) in [5.41, 5.74) is 0.650. The van der Waals surface area contributed by atoms with Gasteiger partial charge in [-0.2, -0.15) is 0 Å². The van der Waals surface area contributed by atoms with E-state index in [4.69, 9.17) is 0 Å². The van der Waals surface area contributed by atoms with E-state index in [1.807, 2.05) is 0 Å². The van der Waals surface area contributed by atoms with Gasteiger partial charge in [0.15, 0.2) is 5.96 Å². The van der Waals surface area contributed by atoms with Crippen LogP contribution in [0.5, 0.6) is 0 Å². The van der Waals surface area contributed by atoms with Crippen LogP contribution in [0.25, 0.3) is 0 Å². The molecule has 1 aromatic rings. The third-order valence-electron chi connectivity index (χ3n) is 2.85. The van der Waals surface area contributed by atoms with Crippen molar-refractivity contribution < 1.29 is 12.8 Å². The van der Waals surface area contributed by atoms with Gasteiger partial charge in [0.2, 0.25) is 0 Å². The van der Waals surface area contributed by atoms with Crippen molar-refractivity contribution in [3.8, 4) is 0 Å². The lowest BCUT2D eigenvalue weighted by Crippen LogP contribution is -2.39. The van der Waals surface area contributed by atoms with Crippen molar-refractivity contribution in [2.45, 2.75) is 12.8 Å². The third-order valence-corrected chi connectivity index (χ3v) is 3.88. The minimum absolute atomic E-state index is 0.145. The van der Waals surface area contributed by atoms with Crippen LogP contribution in [0, 0.1) is 5.82 Å². The molecule has 0 aliphatic heterocycles. The summed E-state index contributed by atoms with van der Waals surface area (Å²) in [7, 11) is -1.29. The highest BCUT2D eigenvalue weighted by atomic mass is 32.2. The molecule has 2 N–H and O–H groups in total. The van der Waals surface area contributed by atoms with Crippen LogP contribution in [0.3, 0.4) is 0 Å². The number of guanidine groups is 1. The number of hydrogen-bond acceptors (Lipinski definition) is 3. The van der Waals surface area contributed by atoms with Gasteiger partial charge in [-0.25, -0.2) is 12.8 Å². The van der Waals surface area contributed by atoms with Gasteiger partial charge in [0.05, 0.1) is 5.75 Å². The van der Waals surface area contributed by atoms with E-state index in [1.54, 1.807) is 25.2 Å². The van der Waals surface area contributed by atoms with Crippen molar-refractivity contribution >= 4 is 15.8 Å². The van der Waals surface area contributed by atoms with Crippen molar-refractivity contribution in [2.75, 3.05) is 32.1 Å². The molecule has 0 aliphatic rings. The van der Waals surface area contributed by atoms with Crippen LogP contribution in [0.4, 0.5) is 4.39 Å². The molecule has 0 heterocycles. The Morgan fingerprint density at radius 2 is 1.90 bits per heavy atom. The summed E-state index contributed by atoms with van der Waals surface area (Å²) in [6, 6.07) is 6.65. The molecule has 0 aliphatic carbocycles. The number of sulfone groups is 1. The Morgan fingerprint density at radius 3 is 2.52 bits per heavy atom. The molecule has 0 saturated carbocycles. The summed E-state index contributed by atoms with van der Waals surface area (Å²) in [5.74, 6) is 0.516. The number of halogens is 1. The van der Waals surface area contributed by atoms with Crippen LogP contribution in [0.2, 0.25) is 0 Å². The molecule has 118 valence electrons. The molecule has 0 saturated heterocycles. The molecule has 0 unspecified atom stereocenters. The van der Waals surface area contributed by atoms with E-state index >= 15 is 0 Å². The SMILES string of the molecule is CN=C(NCCCS(C)(=O)=O)NCCc1ccccc1F. The maximum absolute atomic E-state index is 13.4. The fourth-order valence-corrected chi connectivity index (χ4v) is 2.45. The molecule has 21 heavy (non-hydrogen) atoms. The number of aliphatic imine (C=N–C) groups is 1. The van der Waals surface area contributed by atoms with Crippen LogP contribution in [-0.4, -0.2) is 46.5 Å². The Labute approximate surface area is 125 Å². The lowest BCUT2D eigenvalue weighted by atomic mass is 10.1. The topological polar surface area (TPSA) is 70.6 Å². The molecule has 0 aromatic heterocycles. The molecule has 7 heteroatoms. The minimum Gasteiger partial charge on any atom is -0.356 e. The normalized spacial score (nSPS) is 12.2. The quantitative estimate of drug-likeness (QED) is 0.447. The lowest BCUT2D eigenvalue weighted by Gasteiger charge is -2.11. The predicted molar refractivity (Wildman–Crippen MR) is 83.8 cm³/mol. The second-order valence-corrected chi connectivity index (χ2v) is 7.01. The zero-order chi connectivity index (χ0) is 15.7. The molecule has 0 amide bonds. The van der Waals surface area contributed by atoms with Gasteiger partial charge in [-0.3, -0.25) is 4.99 Å². The highest BCUT2D eigenvalue weighted by Crippen LogP contribution is 2.05. The molecule has 5 nitrogen and oxygen atoms in total. The van der Waals surface area contributed by atoms with E-state index in [9.17, 15) is 12.8 Å². The number of benzene rings is 1. The first-order valence-electron chi connectivity index (χ1n) is 6.78. The zero-order valence-electron chi connectivity index (χ0n) is 12.4. The van der Waals surface area contributed by atoms with Gasteiger partial charge in [0, 0.05) is 26.4 Å². The average molecular weight is 315 g/mol. The van der Waals surface area contributed by atoms with Crippen LogP contribution < -0.4 is 10.6 Å². The zero-order valence-corrected chi connectivity index (χ0v) is 13.2. The molecule has 0 radical (unpaired) electrons. The number of rotatable bonds is 7. The average Bonchev–Trinajstić information content (AvgIpc) is 2.42. The monoisotopic (exact) mass is 315 g/mol. The first kappa shape index (κ1) is 17.4. The predicted octanol–water partition coefficient (Wildman–Crippen LogP) is 0.968. The summed E-state index contributed by atoms with van der Waals surface area (Å²) in [6.45, 7) is 1.07. The minimum atomic E-state index is -2.93. The molecule has 0 fully saturated rings. The van der Waals surface area contributed by atoms with Gasteiger partial charge in [0.25, 0.3) is 0 Å². The summed E-state index contributed by atoms with van der Waals surface area (Å²) in [4.78, 5) is 4.03. The van der Waals surface area contributed by atoms with Gasteiger partial charge in [0.1, 0.15) is 15.7 Å². The molecular weight excluding hydrogens is 293 g/mol. The smallest absolute Gasteiger partial charge is 0.190 e. The van der Waals surface area contributed by atoms with Crippen LogP contribution >= 0.6 is 0 Å². The standard InChI is InChI=1S/C14H22FN3O2S/c1-16-14(17-9-5-11-21(2,19)20)18-10-8-12-6-3-4-7-13(12)15/h3-4,6-7H,5,8-11H2,1-2H3,(H2,16,17,18). The fraction of sp³-hybridized carbons (Fsp3) is 0.500. The Morgan fingerprint density at radius 1 is 1.24 bits per heavy atom. The molecule has 0 spiro atoms. The van der Waals surface area contributed by atoms with E-state index in [-0.39, 0.29) is 11.6 Å². The highest BCUT2D eigenvalue weighted by molar-refractivity contribution is 7.90. The van der Waals surface area contributed by atoms with E-state index in [1.165, 1.54) is 12.3 Å². The van der Waals surface area contributed by atoms with Crippen molar-refractivity contribution in [3.05, 3.63) is 35.6 Å². The molecule has 0 bridgehead atoms. The first-order valence-corrected chi connectivity index (χ1v) is 8.84. The first-order chi connectivity index (χ1) is 9.92. The molecule has 0 atom stereocenters. The van der Waals surface area contributed by atoms with Gasteiger partial charge < -0.3 is 10.6 Å². The summed E-state index contributed by atoms with van der Waals surface area (Å²) >= 11 is 0. The summed E-state index contributed by atoms with van der Waals surface area (Å²) in [5, 5.41) is 6.09. The number of nitrogens with zero attached hydrogens (tertiary/aromatic N) is 1. The second kappa shape index (κ2) is 8.61. The van der Waals surface area contributed by atoms with E-state index in [0.717, 1.165) is 0 Å². The number of hydrogen-bond donors (Lipinski definition) is 2. The van der Waals surface area contributed by atoms with Crippen molar-refractivity contribution in [2.24, 2.45) is 4.99 Å². The van der Waals surface area contributed by atoms with Gasteiger partial charge in [-0.15, -0.1) is 0 Å². The van der Waals surface area contributed by atoms with Gasteiger partial charge in [-0.05, 0) is 24.5 Å². The Hall–Kier alpha value is -1.63. The van der Waals surface area contributed by atoms with E-state index < -0.39 is 9.84 Å².